The van der Waals surface area contributed by atoms with Crippen molar-refractivity contribution in [3.63, 3.8) is 0 Å². The molecule has 0 saturated heterocycles. The van der Waals surface area contributed by atoms with Gasteiger partial charge in [0.1, 0.15) is 11.2 Å². The number of hydrogen-bond donors (Lipinski definition) is 0. The van der Waals surface area contributed by atoms with Crippen LogP contribution in [-0.4, -0.2) is 15.0 Å². The molecule has 0 aliphatic rings. The Morgan fingerprint density at radius 1 is 0.271 bits per heavy atom. The number of rotatable bonds is 7. The maximum absolute atomic E-state index is 6.59. The van der Waals surface area contributed by atoms with E-state index in [1.54, 1.807) is 0 Å². The van der Waals surface area contributed by atoms with Gasteiger partial charge >= 0.3 is 0 Å². The highest BCUT2D eigenvalue weighted by Crippen LogP contribution is 2.39. The molecule has 0 fully saturated rings. The van der Waals surface area contributed by atoms with Crippen LogP contribution in [0.3, 0.4) is 0 Å². The third-order valence-corrected chi connectivity index (χ3v) is 11.1. The van der Waals surface area contributed by atoms with Crippen molar-refractivity contribution >= 4 is 32.7 Å². The smallest absolute Gasteiger partial charge is 0.164 e. The zero-order chi connectivity index (χ0) is 39.1. The van der Waals surface area contributed by atoms with Gasteiger partial charge in [0.25, 0.3) is 0 Å². The van der Waals surface area contributed by atoms with Gasteiger partial charge in [0.05, 0.1) is 0 Å². The Kier molecular flexibility index (Phi) is 8.45. The van der Waals surface area contributed by atoms with E-state index in [9.17, 15) is 0 Å². The van der Waals surface area contributed by atoms with Crippen molar-refractivity contribution in [3.05, 3.63) is 212 Å². The van der Waals surface area contributed by atoms with Gasteiger partial charge in [0, 0.05) is 27.5 Å². The Morgan fingerprint density at radius 2 is 0.712 bits per heavy atom. The fourth-order valence-electron chi connectivity index (χ4n) is 8.11. The second-order valence-electron chi connectivity index (χ2n) is 14.8. The largest absolute Gasteiger partial charge is 0.456 e. The molecular weight excluding hydrogens is 719 g/mol. The van der Waals surface area contributed by atoms with Crippen LogP contribution in [0.1, 0.15) is 0 Å². The summed E-state index contributed by atoms with van der Waals surface area (Å²) in [4.78, 5) is 15.5. The molecule has 0 aliphatic carbocycles. The fraction of sp³-hybridized carbons (Fsp3) is 0. The lowest BCUT2D eigenvalue weighted by atomic mass is 9.96. The molecular formula is C55H35N3O. The quantitative estimate of drug-likeness (QED) is 0.163. The number of furan rings is 1. The van der Waals surface area contributed by atoms with Crippen LogP contribution in [0.15, 0.2) is 217 Å². The SMILES string of the molecule is c1ccc(-c2ccc(-c3cccc4oc5cc(-c6nc(-c7cccc(-c8ccccc8)c7)nc(-c7ccc8ccc(-c9ccccc9)cc8c7)n6)ccc5c34)cc2)cc1. The molecule has 11 rings (SSSR count). The van der Waals surface area contributed by atoms with Crippen LogP contribution in [-0.2, 0) is 0 Å². The molecule has 0 spiro atoms. The van der Waals surface area contributed by atoms with Crippen molar-refractivity contribution in [1.29, 1.82) is 0 Å². The Bertz CT molecular complexity index is 3300. The Balaban J connectivity index is 1.03. The maximum Gasteiger partial charge on any atom is 0.164 e. The summed E-state index contributed by atoms with van der Waals surface area (Å²) in [6.07, 6.45) is 0. The van der Waals surface area contributed by atoms with Crippen LogP contribution in [0, 0.1) is 0 Å². The Morgan fingerprint density at radius 3 is 1.37 bits per heavy atom. The van der Waals surface area contributed by atoms with Crippen LogP contribution in [0.4, 0.5) is 0 Å². The molecule has 0 amide bonds. The van der Waals surface area contributed by atoms with E-state index in [0.717, 1.165) is 77.2 Å². The molecule has 0 aliphatic heterocycles. The zero-order valence-electron chi connectivity index (χ0n) is 32.0. The minimum absolute atomic E-state index is 0.576. The van der Waals surface area contributed by atoms with Gasteiger partial charge in [-0.25, -0.2) is 15.0 Å². The van der Waals surface area contributed by atoms with Gasteiger partial charge in [-0.2, -0.15) is 0 Å². The monoisotopic (exact) mass is 753 g/mol. The first-order chi connectivity index (χ1) is 29.2. The van der Waals surface area contributed by atoms with Gasteiger partial charge in [0.15, 0.2) is 17.5 Å². The topological polar surface area (TPSA) is 51.8 Å². The second kappa shape index (κ2) is 14.5. The molecule has 9 aromatic carbocycles. The van der Waals surface area contributed by atoms with Gasteiger partial charge in [-0.15, -0.1) is 0 Å². The van der Waals surface area contributed by atoms with E-state index < -0.39 is 0 Å². The van der Waals surface area contributed by atoms with Crippen molar-refractivity contribution < 1.29 is 4.42 Å². The maximum atomic E-state index is 6.59. The van der Waals surface area contributed by atoms with Crippen LogP contribution in [0.5, 0.6) is 0 Å². The van der Waals surface area contributed by atoms with E-state index in [4.69, 9.17) is 19.4 Å². The van der Waals surface area contributed by atoms with Crippen LogP contribution in [0.2, 0.25) is 0 Å². The van der Waals surface area contributed by atoms with Gasteiger partial charge in [-0.05, 0) is 91.7 Å². The Labute approximate surface area is 341 Å². The summed E-state index contributed by atoms with van der Waals surface area (Å²) in [6, 6.07) is 74.1. The van der Waals surface area contributed by atoms with E-state index in [2.05, 4.69) is 188 Å². The number of aromatic nitrogens is 3. The van der Waals surface area contributed by atoms with E-state index in [1.165, 1.54) is 16.7 Å². The van der Waals surface area contributed by atoms with Gasteiger partial charge in [-0.1, -0.05) is 176 Å². The lowest BCUT2D eigenvalue weighted by molar-refractivity contribution is 0.669. The average molecular weight is 754 g/mol. The fourth-order valence-corrected chi connectivity index (χ4v) is 8.11. The molecule has 276 valence electrons. The third kappa shape index (κ3) is 6.53. The highest BCUT2D eigenvalue weighted by Gasteiger charge is 2.17. The predicted octanol–water partition coefficient (Wildman–Crippen LogP) is 14.6. The average Bonchev–Trinajstić information content (AvgIpc) is 3.70. The first kappa shape index (κ1) is 34.3. The summed E-state index contributed by atoms with van der Waals surface area (Å²) in [5.74, 6) is 1.78. The molecule has 0 atom stereocenters. The molecule has 59 heavy (non-hydrogen) atoms. The molecule has 11 aromatic rings. The van der Waals surface area contributed by atoms with Gasteiger partial charge < -0.3 is 4.42 Å². The van der Waals surface area contributed by atoms with E-state index in [-0.39, 0.29) is 0 Å². The van der Waals surface area contributed by atoms with Crippen LogP contribution < -0.4 is 0 Å². The molecule has 0 radical (unpaired) electrons. The number of hydrogen-bond acceptors (Lipinski definition) is 4. The van der Waals surface area contributed by atoms with Crippen LogP contribution >= 0.6 is 0 Å². The molecule has 0 saturated carbocycles. The number of nitrogens with zero attached hydrogens (tertiary/aromatic N) is 3. The van der Waals surface area contributed by atoms with Crippen molar-refractivity contribution in [1.82, 2.24) is 15.0 Å². The standard InChI is InChI=1S/C55H35N3O/c1-4-12-36(13-5-1)39-22-26-41(27-23-39)48-20-11-21-50-52(48)49-31-30-46(35-51(49)59-50)55-57-53(44-19-10-18-42(32-44)37-14-6-2-7-15-37)56-54(58-55)45-29-25-40-24-28-43(33-47(40)34-45)38-16-8-3-9-17-38/h1-35H. The summed E-state index contributed by atoms with van der Waals surface area (Å²) in [5.41, 5.74) is 13.5. The second-order valence-corrected chi connectivity index (χ2v) is 14.8. The lowest BCUT2D eigenvalue weighted by Crippen LogP contribution is -2.00. The summed E-state index contributed by atoms with van der Waals surface area (Å²) in [7, 11) is 0. The van der Waals surface area contributed by atoms with Gasteiger partial charge in [-0.3, -0.25) is 0 Å². The Hall–Kier alpha value is -7.95. The molecule has 0 N–H and O–H groups in total. The highest BCUT2D eigenvalue weighted by molar-refractivity contribution is 6.13. The van der Waals surface area contributed by atoms with E-state index in [0.29, 0.717) is 17.5 Å². The number of benzene rings is 9. The zero-order valence-corrected chi connectivity index (χ0v) is 32.0. The van der Waals surface area contributed by atoms with Gasteiger partial charge in [0.2, 0.25) is 0 Å². The van der Waals surface area contributed by atoms with E-state index in [1.807, 2.05) is 24.3 Å². The minimum atomic E-state index is 0.576. The first-order valence-electron chi connectivity index (χ1n) is 19.8. The molecule has 4 nitrogen and oxygen atoms in total. The van der Waals surface area contributed by atoms with Crippen molar-refractivity contribution in [2.24, 2.45) is 0 Å². The van der Waals surface area contributed by atoms with Crippen LogP contribution in [0.25, 0.3) is 111 Å². The highest BCUT2D eigenvalue weighted by atomic mass is 16.3. The molecule has 2 heterocycles. The summed E-state index contributed by atoms with van der Waals surface area (Å²) >= 11 is 0. The molecule has 0 bridgehead atoms. The first-order valence-corrected chi connectivity index (χ1v) is 19.8. The summed E-state index contributed by atoms with van der Waals surface area (Å²) in [5, 5.41) is 4.40. The molecule has 0 unspecified atom stereocenters. The predicted molar refractivity (Wildman–Crippen MR) is 243 cm³/mol. The van der Waals surface area contributed by atoms with Crippen molar-refractivity contribution in [2.75, 3.05) is 0 Å². The normalized spacial score (nSPS) is 11.4. The third-order valence-electron chi connectivity index (χ3n) is 11.1. The molecule has 2 aromatic heterocycles. The summed E-state index contributed by atoms with van der Waals surface area (Å²) < 4.78 is 6.59. The number of fused-ring (bicyclic) bond motifs is 4. The molecule has 4 heteroatoms. The minimum Gasteiger partial charge on any atom is -0.456 e. The van der Waals surface area contributed by atoms with E-state index >= 15 is 0 Å². The lowest BCUT2D eigenvalue weighted by Gasteiger charge is -2.11. The van der Waals surface area contributed by atoms with Crippen molar-refractivity contribution in [2.45, 2.75) is 0 Å². The van der Waals surface area contributed by atoms with Crippen molar-refractivity contribution in [3.8, 4) is 78.7 Å². The summed E-state index contributed by atoms with van der Waals surface area (Å²) in [6.45, 7) is 0.